The highest BCUT2D eigenvalue weighted by Gasteiger charge is 2.26. The lowest BCUT2D eigenvalue weighted by Gasteiger charge is -2.29. The van der Waals surface area contributed by atoms with Gasteiger partial charge in [0.1, 0.15) is 11.9 Å². The first-order valence-electron chi connectivity index (χ1n) is 9.97. The van der Waals surface area contributed by atoms with E-state index in [1.165, 1.54) is 17.8 Å². The SMILES string of the molecule is CC[C@H](C)NC(=O)[C@@H](C)N(Cc1cccc(Br)c1)C(=O)CSCc1ccccc1F. The van der Waals surface area contributed by atoms with E-state index in [2.05, 4.69) is 21.2 Å². The fourth-order valence-corrected chi connectivity index (χ4v) is 4.17. The van der Waals surface area contributed by atoms with Crippen molar-refractivity contribution >= 4 is 39.5 Å². The third kappa shape index (κ3) is 7.43. The number of hydrogen-bond acceptors (Lipinski definition) is 3. The quantitative estimate of drug-likeness (QED) is 0.496. The molecule has 0 unspecified atom stereocenters. The summed E-state index contributed by atoms with van der Waals surface area (Å²) in [7, 11) is 0. The number of hydrogen-bond donors (Lipinski definition) is 1. The molecule has 0 aromatic heterocycles. The molecule has 2 aromatic rings. The Kier molecular flexibility index (Phi) is 9.85. The molecule has 30 heavy (non-hydrogen) atoms. The molecule has 0 aliphatic carbocycles. The number of nitrogens with one attached hydrogen (secondary N) is 1. The zero-order valence-corrected chi connectivity index (χ0v) is 19.9. The number of amides is 2. The molecule has 162 valence electrons. The van der Waals surface area contributed by atoms with Gasteiger partial charge in [0, 0.05) is 22.8 Å². The number of halogens is 2. The van der Waals surface area contributed by atoms with Crippen molar-refractivity contribution in [3.05, 3.63) is 69.9 Å². The summed E-state index contributed by atoms with van der Waals surface area (Å²) in [4.78, 5) is 27.3. The van der Waals surface area contributed by atoms with Gasteiger partial charge in [-0.1, -0.05) is 53.2 Å². The lowest BCUT2D eigenvalue weighted by molar-refractivity contribution is -0.138. The molecule has 2 aromatic carbocycles. The number of rotatable bonds is 10. The van der Waals surface area contributed by atoms with Crippen molar-refractivity contribution in [1.82, 2.24) is 10.2 Å². The van der Waals surface area contributed by atoms with Crippen molar-refractivity contribution in [2.45, 2.75) is 51.6 Å². The molecule has 4 nitrogen and oxygen atoms in total. The van der Waals surface area contributed by atoms with Gasteiger partial charge in [0.15, 0.2) is 0 Å². The standard InChI is InChI=1S/C23H28BrFN2O2S/c1-4-16(2)26-23(29)17(3)27(13-18-8-7-10-20(24)12-18)22(28)15-30-14-19-9-5-6-11-21(19)25/h5-12,16-17H,4,13-15H2,1-3H3,(H,26,29)/t16-,17+/m0/s1. The molecule has 2 atom stereocenters. The number of thioether (sulfide) groups is 1. The van der Waals surface area contributed by atoms with Gasteiger partial charge in [-0.2, -0.15) is 0 Å². The topological polar surface area (TPSA) is 49.4 Å². The van der Waals surface area contributed by atoms with Crippen molar-refractivity contribution in [2.75, 3.05) is 5.75 Å². The smallest absolute Gasteiger partial charge is 0.242 e. The van der Waals surface area contributed by atoms with Gasteiger partial charge in [-0.05, 0) is 49.6 Å². The normalized spacial score (nSPS) is 12.8. The summed E-state index contributed by atoms with van der Waals surface area (Å²) in [5.41, 5.74) is 1.50. The maximum Gasteiger partial charge on any atom is 0.242 e. The van der Waals surface area contributed by atoms with E-state index in [4.69, 9.17) is 0 Å². The summed E-state index contributed by atoms with van der Waals surface area (Å²) in [6.07, 6.45) is 0.816. The summed E-state index contributed by atoms with van der Waals surface area (Å²) >= 11 is 4.80. The fraction of sp³-hybridized carbons (Fsp3) is 0.391. The van der Waals surface area contributed by atoms with Crippen LogP contribution in [-0.4, -0.2) is 34.6 Å². The number of benzene rings is 2. The van der Waals surface area contributed by atoms with Crippen LogP contribution in [0.1, 0.15) is 38.3 Å². The molecule has 0 aliphatic rings. The van der Waals surface area contributed by atoms with Crippen molar-refractivity contribution < 1.29 is 14.0 Å². The summed E-state index contributed by atoms with van der Waals surface area (Å²) < 4.78 is 14.7. The molecule has 0 bridgehead atoms. The Morgan fingerprint density at radius 1 is 1.17 bits per heavy atom. The summed E-state index contributed by atoms with van der Waals surface area (Å²) in [6, 6.07) is 13.7. The molecule has 0 fully saturated rings. The Hall–Kier alpha value is -1.86. The maximum absolute atomic E-state index is 13.8. The Balaban J connectivity index is 2.09. The first-order valence-corrected chi connectivity index (χ1v) is 11.9. The number of carbonyl (C=O) groups is 2. The fourth-order valence-electron chi connectivity index (χ4n) is 2.83. The minimum Gasteiger partial charge on any atom is -0.352 e. The molecule has 0 saturated carbocycles. The summed E-state index contributed by atoms with van der Waals surface area (Å²) in [6.45, 7) is 6.01. The van der Waals surface area contributed by atoms with Crippen LogP contribution in [0.3, 0.4) is 0 Å². The lowest BCUT2D eigenvalue weighted by Crippen LogP contribution is -2.50. The van der Waals surface area contributed by atoms with E-state index in [9.17, 15) is 14.0 Å². The second-order valence-corrected chi connectivity index (χ2v) is 9.13. The van der Waals surface area contributed by atoms with Gasteiger partial charge in [-0.25, -0.2) is 4.39 Å². The first kappa shape index (κ1) is 24.4. The molecule has 0 spiro atoms. The van der Waals surface area contributed by atoms with E-state index >= 15 is 0 Å². The highest BCUT2D eigenvalue weighted by Crippen LogP contribution is 2.19. The van der Waals surface area contributed by atoms with Crippen LogP contribution in [-0.2, 0) is 21.9 Å². The van der Waals surface area contributed by atoms with E-state index < -0.39 is 6.04 Å². The summed E-state index contributed by atoms with van der Waals surface area (Å²) in [5.74, 6) is -0.0282. The van der Waals surface area contributed by atoms with Crippen LogP contribution in [0, 0.1) is 5.82 Å². The van der Waals surface area contributed by atoms with Crippen molar-refractivity contribution in [1.29, 1.82) is 0 Å². The third-order valence-electron chi connectivity index (χ3n) is 4.85. The van der Waals surface area contributed by atoms with Gasteiger partial charge in [0.2, 0.25) is 11.8 Å². The minimum absolute atomic E-state index is 0.0400. The summed E-state index contributed by atoms with van der Waals surface area (Å²) in [5, 5.41) is 2.95. The predicted octanol–water partition coefficient (Wildman–Crippen LogP) is 5.15. The van der Waals surface area contributed by atoms with Crippen LogP contribution in [0.5, 0.6) is 0 Å². The van der Waals surface area contributed by atoms with Crippen molar-refractivity contribution in [2.24, 2.45) is 0 Å². The van der Waals surface area contributed by atoms with Gasteiger partial charge in [0.05, 0.1) is 5.75 Å². The Labute approximate surface area is 190 Å². The van der Waals surface area contributed by atoms with E-state index in [1.807, 2.05) is 38.1 Å². The van der Waals surface area contributed by atoms with Gasteiger partial charge in [0.25, 0.3) is 0 Å². The van der Waals surface area contributed by atoms with Crippen LogP contribution in [0.2, 0.25) is 0 Å². The van der Waals surface area contributed by atoms with Gasteiger partial charge in [-0.15, -0.1) is 11.8 Å². The minimum atomic E-state index is -0.612. The molecular formula is C23H28BrFN2O2S. The molecular weight excluding hydrogens is 467 g/mol. The zero-order chi connectivity index (χ0) is 22.1. The molecule has 7 heteroatoms. The van der Waals surface area contributed by atoms with Gasteiger partial charge >= 0.3 is 0 Å². The van der Waals surface area contributed by atoms with Crippen LogP contribution in [0.4, 0.5) is 4.39 Å². The van der Waals surface area contributed by atoms with Gasteiger partial charge in [-0.3, -0.25) is 9.59 Å². The number of carbonyl (C=O) groups excluding carboxylic acids is 2. The zero-order valence-electron chi connectivity index (χ0n) is 17.5. The van der Waals surface area contributed by atoms with Crippen molar-refractivity contribution in [3.8, 4) is 0 Å². The average molecular weight is 495 g/mol. The van der Waals surface area contributed by atoms with Crippen LogP contribution < -0.4 is 5.32 Å². The average Bonchev–Trinajstić information content (AvgIpc) is 2.72. The second kappa shape index (κ2) is 12.1. The molecule has 2 amide bonds. The van der Waals surface area contributed by atoms with Gasteiger partial charge < -0.3 is 10.2 Å². The first-order chi connectivity index (χ1) is 14.3. The van der Waals surface area contributed by atoms with Crippen LogP contribution >= 0.6 is 27.7 Å². The Bertz CT molecular complexity index is 865. The highest BCUT2D eigenvalue weighted by molar-refractivity contribution is 9.10. The molecule has 0 heterocycles. The van der Waals surface area contributed by atoms with Crippen LogP contribution in [0.15, 0.2) is 53.0 Å². The molecule has 2 rings (SSSR count). The number of nitrogens with zero attached hydrogens (tertiary/aromatic N) is 1. The molecule has 0 saturated heterocycles. The molecule has 0 radical (unpaired) electrons. The van der Waals surface area contributed by atoms with E-state index in [0.717, 1.165) is 16.5 Å². The van der Waals surface area contributed by atoms with Crippen molar-refractivity contribution in [3.63, 3.8) is 0 Å². The predicted molar refractivity (Wildman–Crippen MR) is 125 cm³/mol. The monoisotopic (exact) mass is 494 g/mol. The van der Waals surface area contributed by atoms with E-state index in [0.29, 0.717) is 17.9 Å². The molecule has 0 aliphatic heterocycles. The Morgan fingerprint density at radius 2 is 1.90 bits per heavy atom. The van der Waals surface area contributed by atoms with E-state index in [-0.39, 0.29) is 29.4 Å². The maximum atomic E-state index is 13.8. The van der Waals surface area contributed by atoms with Crippen LogP contribution in [0.25, 0.3) is 0 Å². The largest absolute Gasteiger partial charge is 0.352 e. The lowest BCUT2D eigenvalue weighted by atomic mass is 10.1. The Morgan fingerprint density at radius 3 is 2.57 bits per heavy atom. The second-order valence-electron chi connectivity index (χ2n) is 7.23. The molecule has 1 N–H and O–H groups in total. The highest BCUT2D eigenvalue weighted by atomic mass is 79.9. The third-order valence-corrected chi connectivity index (χ3v) is 6.31. The van der Waals surface area contributed by atoms with E-state index in [1.54, 1.807) is 30.0 Å².